The maximum atomic E-state index is 12.3. The SMILES string of the molecule is CCCS(=O)(=O)N1C=C(CNc2cc(C)c(Oc3ccccc3)cc2Cl)C=CC1. The number of benzene rings is 2. The van der Waals surface area contributed by atoms with Crippen LogP contribution < -0.4 is 10.1 Å². The zero-order valence-corrected chi connectivity index (χ0v) is 18.1. The highest BCUT2D eigenvalue weighted by atomic mass is 35.5. The Morgan fingerprint density at radius 2 is 1.97 bits per heavy atom. The Kier molecular flexibility index (Phi) is 6.87. The first-order valence-electron chi connectivity index (χ1n) is 9.52. The third-order valence-corrected chi connectivity index (χ3v) is 6.67. The van der Waals surface area contributed by atoms with Crippen molar-refractivity contribution in [3.63, 3.8) is 0 Å². The van der Waals surface area contributed by atoms with Gasteiger partial charge in [0.25, 0.3) is 0 Å². The molecule has 0 saturated heterocycles. The number of halogens is 1. The number of aryl methyl sites for hydroxylation is 1. The summed E-state index contributed by atoms with van der Waals surface area (Å²) >= 11 is 6.44. The number of rotatable bonds is 8. The minimum Gasteiger partial charge on any atom is -0.457 e. The molecule has 154 valence electrons. The summed E-state index contributed by atoms with van der Waals surface area (Å²) in [6.07, 6.45) is 6.06. The first-order valence-corrected chi connectivity index (χ1v) is 11.5. The van der Waals surface area contributed by atoms with Gasteiger partial charge in [-0.2, -0.15) is 0 Å². The molecule has 1 aliphatic heterocycles. The highest BCUT2D eigenvalue weighted by molar-refractivity contribution is 7.89. The average Bonchev–Trinajstić information content (AvgIpc) is 2.70. The lowest BCUT2D eigenvalue weighted by Crippen LogP contribution is -2.30. The predicted octanol–water partition coefficient (Wildman–Crippen LogP) is 5.35. The Morgan fingerprint density at radius 3 is 2.69 bits per heavy atom. The second-order valence-electron chi connectivity index (χ2n) is 6.86. The third-order valence-electron chi connectivity index (χ3n) is 4.47. The molecule has 0 unspecified atom stereocenters. The standard InChI is InChI=1S/C22H25ClN2O3S/c1-3-12-29(26,27)25-11-7-8-18(16-25)15-24-21-13-17(2)22(14-20(21)23)28-19-9-5-4-6-10-19/h4-10,13-14,16,24H,3,11-12,15H2,1-2H3. The smallest absolute Gasteiger partial charge is 0.234 e. The fourth-order valence-corrected chi connectivity index (χ4v) is 4.56. The van der Waals surface area contributed by atoms with Gasteiger partial charge in [0, 0.05) is 18.8 Å². The topological polar surface area (TPSA) is 58.6 Å². The maximum absolute atomic E-state index is 12.3. The highest BCUT2D eigenvalue weighted by Crippen LogP contribution is 2.33. The maximum Gasteiger partial charge on any atom is 0.234 e. The van der Waals surface area contributed by atoms with Gasteiger partial charge < -0.3 is 10.1 Å². The molecule has 0 amide bonds. The summed E-state index contributed by atoms with van der Waals surface area (Å²) in [5, 5.41) is 3.83. The summed E-state index contributed by atoms with van der Waals surface area (Å²) < 4.78 is 31.9. The zero-order chi connectivity index (χ0) is 20.9. The molecule has 7 heteroatoms. The molecule has 2 aromatic rings. The minimum atomic E-state index is -3.26. The van der Waals surface area contributed by atoms with E-state index >= 15 is 0 Å². The van der Waals surface area contributed by atoms with Crippen molar-refractivity contribution in [1.82, 2.24) is 4.31 Å². The monoisotopic (exact) mass is 432 g/mol. The molecule has 0 spiro atoms. The largest absolute Gasteiger partial charge is 0.457 e. The molecular weight excluding hydrogens is 408 g/mol. The lowest BCUT2D eigenvalue weighted by atomic mass is 10.1. The predicted molar refractivity (Wildman–Crippen MR) is 119 cm³/mol. The number of ether oxygens (including phenoxy) is 1. The number of nitrogens with zero attached hydrogens (tertiary/aromatic N) is 1. The Hall–Kier alpha value is -2.44. The van der Waals surface area contributed by atoms with Crippen LogP contribution in [0.25, 0.3) is 0 Å². The van der Waals surface area contributed by atoms with Crippen LogP contribution >= 0.6 is 11.6 Å². The van der Waals surface area contributed by atoms with Gasteiger partial charge in [0.1, 0.15) is 11.5 Å². The van der Waals surface area contributed by atoms with Gasteiger partial charge in [-0.1, -0.05) is 48.9 Å². The first kappa shape index (κ1) is 21.3. The fourth-order valence-electron chi connectivity index (χ4n) is 2.98. The molecule has 0 bridgehead atoms. The van der Waals surface area contributed by atoms with Crippen LogP contribution in [0.3, 0.4) is 0 Å². The molecule has 3 rings (SSSR count). The molecule has 5 nitrogen and oxygen atoms in total. The summed E-state index contributed by atoms with van der Waals surface area (Å²) in [7, 11) is -3.26. The van der Waals surface area contributed by atoms with E-state index in [-0.39, 0.29) is 5.75 Å². The number of hydrogen-bond donors (Lipinski definition) is 1. The van der Waals surface area contributed by atoms with E-state index in [1.807, 2.05) is 62.4 Å². The third kappa shape index (κ3) is 5.55. The summed E-state index contributed by atoms with van der Waals surface area (Å²) in [6.45, 7) is 4.65. The molecule has 0 aromatic heterocycles. The lowest BCUT2D eigenvalue weighted by Gasteiger charge is -2.23. The van der Waals surface area contributed by atoms with Crippen LogP contribution in [0, 0.1) is 6.92 Å². The van der Waals surface area contributed by atoms with Crippen LogP contribution in [0.15, 0.2) is 66.4 Å². The van der Waals surface area contributed by atoms with Crippen LogP contribution in [0.5, 0.6) is 11.5 Å². The highest BCUT2D eigenvalue weighted by Gasteiger charge is 2.19. The van der Waals surface area contributed by atoms with Gasteiger partial charge in [0.05, 0.1) is 23.0 Å². The van der Waals surface area contributed by atoms with E-state index in [1.54, 1.807) is 12.3 Å². The molecule has 1 aliphatic rings. The molecule has 1 heterocycles. The number of sulfonamides is 1. The van der Waals surface area contributed by atoms with Crippen LogP contribution in [-0.4, -0.2) is 31.6 Å². The molecule has 0 saturated carbocycles. The van der Waals surface area contributed by atoms with Crippen molar-refractivity contribution in [2.45, 2.75) is 20.3 Å². The van der Waals surface area contributed by atoms with Crippen molar-refractivity contribution in [3.05, 3.63) is 77.0 Å². The van der Waals surface area contributed by atoms with E-state index < -0.39 is 10.0 Å². The molecule has 29 heavy (non-hydrogen) atoms. The van der Waals surface area contributed by atoms with Crippen LogP contribution in [0.1, 0.15) is 18.9 Å². The van der Waals surface area contributed by atoms with Crippen LogP contribution in [-0.2, 0) is 10.0 Å². The van der Waals surface area contributed by atoms with Gasteiger partial charge in [-0.15, -0.1) is 0 Å². The quantitative estimate of drug-likeness (QED) is 0.611. The van der Waals surface area contributed by atoms with Gasteiger partial charge in [0.15, 0.2) is 0 Å². The lowest BCUT2D eigenvalue weighted by molar-refractivity contribution is 0.479. The van der Waals surface area contributed by atoms with Gasteiger partial charge in [-0.3, -0.25) is 4.31 Å². The Bertz CT molecular complexity index is 1020. The summed E-state index contributed by atoms with van der Waals surface area (Å²) in [6, 6.07) is 13.3. The van der Waals surface area contributed by atoms with E-state index in [1.165, 1.54) is 4.31 Å². The van der Waals surface area contributed by atoms with Crippen molar-refractivity contribution >= 4 is 27.3 Å². The van der Waals surface area contributed by atoms with Gasteiger partial charge in [-0.05, 0) is 42.7 Å². The molecule has 0 aliphatic carbocycles. The Labute approximate surface area is 177 Å². The van der Waals surface area contributed by atoms with Crippen LogP contribution in [0.2, 0.25) is 5.02 Å². The fraction of sp³-hybridized carbons (Fsp3) is 0.273. The van der Waals surface area contributed by atoms with Crippen molar-refractivity contribution in [3.8, 4) is 11.5 Å². The van der Waals surface area contributed by atoms with E-state index in [0.717, 1.165) is 22.6 Å². The van der Waals surface area contributed by atoms with Crippen molar-refractivity contribution in [1.29, 1.82) is 0 Å². The summed E-state index contributed by atoms with van der Waals surface area (Å²) in [5.41, 5.74) is 2.59. The van der Waals surface area contributed by atoms with E-state index in [2.05, 4.69) is 5.32 Å². The van der Waals surface area contributed by atoms with Crippen molar-refractivity contribution in [2.24, 2.45) is 0 Å². The first-order chi connectivity index (χ1) is 13.9. The molecular formula is C22H25ClN2O3S. The summed E-state index contributed by atoms with van der Waals surface area (Å²) in [5.74, 6) is 1.59. The Morgan fingerprint density at radius 1 is 1.21 bits per heavy atom. The second-order valence-corrected chi connectivity index (χ2v) is 9.31. The molecule has 0 atom stereocenters. The van der Waals surface area contributed by atoms with E-state index in [0.29, 0.717) is 30.3 Å². The molecule has 2 aromatic carbocycles. The van der Waals surface area contributed by atoms with E-state index in [4.69, 9.17) is 16.3 Å². The van der Waals surface area contributed by atoms with Crippen molar-refractivity contribution < 1.29 is 13.2 Å². The van der Waals surface area contributed by atoms with Crippen LogP contribution in [0.4, 0.5) is 5.69 Å². The van der Waals surface area contributed by atoms with Gasteiger partial charge in [-0.25, -0.2) is 8.42 Å². The number of para-hydroxylation sites is 1. The van der Waals surface area contributed by atoms with E-state index in [9.17, 15) is 8.42 Å². The molecule has 0 radical (unpaired) electrons. The number of nitrogens with one attached hydrogen (secondary N) is 1. The minimum absolute atomic E-state index is 0.145. The molecule has 0 fully saturated rings. The van der Waals surface area contributed by atoms with Crippen molar-refractivity contribution in [2.75, 3.05) is 24.2 Å². The normalized spacial score (nSPS) is 13.9. The summed E-state index contributed by atoms with van der Waals surface area (Å²) in [4.78, 5) is 0. The Balaban J connectivity index is 1.70. The van der Waals surface area contributed by atoms with Gasteiger partial charge >= 0.3 is 0 Å². The van der Waals surface area contributed by atoms with Gasteiger partial charge in [0.2, 0.25) is 10.0 Å². The number of hydrogen-bond acceptors (Lipinski definition) is 4. The second kappa shape index (κ2) is 9.37. The number of anilines is 1. The molecule has 1 N–H and O–H groups in total. The average molecular weight is 433 g/mol. The zero-order valence-electron chi connectivity index (χ0n) is 16.6.